The van der Waals surface area contributed by atoms with Crippen molar-refractivity contribution in [2.75, 3.05) is 19.6 Å². The van der Waals surface area contributed by atoms with Crippen molar-refractivity contribution >= 4 is 0 Å². The van der Waals surface area contributed by atoms with Gasteiger partial charge in [0.15, 0.2) is 0 Å². The molecular formula is C14H23N3. The van der Waals surface area contributed by atoms with Crippen molar-refractivity contribution in [3.8, 4) is 0 Å². The molecule has 1 N–H and O–H groups in total. The van der Waals surface area contributed by atoms with Crippen molar-refractivity contribution < 1.29 is 0 Å². The van der Waals surface area contributed by atoms with Crippen LogP contribution in [0.5, 0.6) is 0 Å². The highest BCUT2D eigenvalue weighted by Gasteiger charge is 2.19. The van der Waals surface area contributed by atoms with E-state index in [-0.39, 0.29) is 0 Å². The lowest BCUT2D eigenvalue weighted by atomic mass is 10.0. The zero-order valence-electron chi connectivity index (χ0n) is 10.9. The fraction of sp³-hybridized carbons (Fsp3) is 0.643. The zero-order valence-corrected chi connectivity index (χ0v) is 10.9. The summed E-state index contributed by atoms with van der Waals surface area (Å²) in [5.74, 6) is 0. The molecule has 3 nitrogen and oxygen atoms in total. The van der Waals surface area contributed by atoms with Crippen LogP contribution in [0.2, 0.25) is 0 Å². The van der Waals surface area contributed by atoms with Crippen LogP contribution in [0.15, 0.2) is 24.5 Å². The fourth-order valence-electron chi connectivity index (χ4n) is 2.52. The number of aromatic nitrogens is 1. The summed E-state index contributed by atoms with van der Waals surface area (Å²) >= 11 is 0. The Morgan fingerprint density at radius 3 is 2.59 bits per heavy atom. The molecule has 2 heterocycles. The molecule has 1 saturated heterocycles. The van der Waals surface area contributed by atoms with Gasteiger partial charge < -0.3 is 10.2 Å². The number of hydrogen-bond acceptors (Lipinski definition) is 3. The molecule has 2 rings (SSSR count). The Bertz CT molecular complexity index is 317. The minimum atomic E-state index is 0.427. The van der Waals surface area contributed by atoms with Gasteiger partial charge in [-0.25, -0.2) is 0 Å². The van der Waals surface area contributed by atoms with Crippen molar-refractivity contribution in [3.63, 3.8) is 0 Å². The molecule has 0 unspecified atom stereocenters. The molecule has 94 valence electrons. The largest absolute Gasteiger partial charge is 0.307 e. The number of nitrogens with one attached hydrogen (secondary N) is 1. The third-order valence-corrected chi connectivity index (χ3v) is 3.73. The van der Waals surface area contributed by atoms with E-state index >= 15 is 0 Å². The van der Waals surface area contributed by atoms with E-state index < -0.39 is 0 Å². The maximum atomic E-state index is 4.06. The second-order valence-corrected chi connectivity index (χ2v) is 4.88. The van der Waals surface area contributed by atoms with Crippen LogP contribution in [0.4, 0.5) is 0 Å². The minimum Gasteiger partial charge on any atom is -0.307 e. The summed E-state index contributed by atoms with van der Waals surface area (Å²) < 4.78 is 0. The molecule has 0 saturated carbocycles. The quantitative estimate of drug-likeness (QED) is 0.864. The molecule has 1 aromatic heterocycles. The van der Waals surface area contributed by atoms with Gasteiger partial charge in [0.2, 0.25) is 0 Å². The Kier molecular flexibility index (Phi) is 4.51. The molecule has 0 bridgehead atoms. The topological polar surface area (TPSA) is 28.2 Å². The van der Waals surface area contributed by atoms with E-state index in [1.807, 2.05) is 12.4 Å². The summed E-state index contributed by atoms with van der Waals surface area (Å²) in [6.45, 7) is 8.13. The predicted molar refractivity (Wildman–Crippen MR) is 70.9 cm³/mol. The molecule has 3 heteroatoms. The first kappa shape index (κ1) is 12.5. The molecule has 0 aliphatic carbocycles. The zero-order chi connectivity index (χ0) is 12.1. The molecular weight excluding hydrogens is 210 g/mol. The first-order chi connectivity index (χ1) is 8.29. The lowest BCUT2D eigenvalue weighted by Gasteiger charge is -2.33. The first-order valence-electron chi connectivity index (χ1n) is 6.68. The Morgan fingerprint density at radius 1 is 1.35 bits per heavy atom. The van der Waals surface area contributed by atoms with Crippen LogP contribution in [0.25, 0.3) is 0 Å². The van der Waals surface area contributed by atoms with Crippen molar-refractivity contribution in [3.05, 3.63) is 30.1 Å². The van der Waals surface area contributed by atoms with Gasteiger partial charge in [-0.2, -0.15) is 0 Å². The lowest BCUT2D eigenvalue weighted by molar-refractivity contribution is 0.200. The highest BCUT2D eigenvalue weighted by Crippen LogP contribution is 2.16. The average Bonchev–Trinajstić information content (AvgIpc) is 2.40. The normalized spacial score (nSPS) is 20.4. The Balaban J connectivity index is 1.82. The van der Waals surface area contributed by atoms with E-state index in [2.05, 4.69) is 41.2 Å². The van der Waals surface area contributed by atoms with Crippen LogP contribution in [-0.4, -0.2) is 35.6 Å². The highest BCUT2D eigenvalue weighted by atomic mass is 15.1. The van der Waals surface area contributed by atoms with E-state index in [0.29, 0.717) is 12.1 Å². The Hall–Kier alpha value is -0.930. The SMILES string of the molecule is CCN1CCC(N[C@@H](C)c2ccncc2)CC1. The third kappa shape index (κ3) is 3.51. The van der Waals surface area contributed by atoms with Gasteiger partial charge in [-0.1, -0.05) is 6.92 Å². The number of rotatable bonds is 4. The molecule has 1 aliphatic heterocycles. The third-order valence-electron chi connectivity index (χ3n) is 3.73. The first-order valence-corrected chi connectivity index (χ1v) is 6.68. The summed E-state index contributed by atoms with van der Waals surface area (Å²) in [5.41, 5.74) is 1.33. The van der Waals surface area contributed by atoms with Gasteiger partial charge in [0.25, 0.3) is 0 Å². The molecule has 0 amide bonds. The van der Waals surface area contributed by atoms with Gasteiger partial charge >= 0.3 is 0 Å². The molecule has 0 radical (unpaired) electrons. The van der Waals surface area contributed by atoms with E-state index in [0.717, 1.165) is 0 Å². The predicted octanol–water partition coefficient (Wildman–Crippen LogP) is 2.22. The molecule has 1 aliphatic rings. The summed E-state index contributed by atoms with van der Waals surface area (Å²) in [4.78, 5) is 6.58. The van der Waals surface area contributed by atoms with Crippen molar-refractivity contribution in [1.29, 1.82) is 0 Å². The maximum Gasteiger partial charge on any atom is 0.0295 e. The Labute approximate surface area is 104 Å². The van der Waals surface area contributed by atoms with E-state index in [1.165, 1.54) is 38.0 Å². The van der Waals surface area contributed by atoms with Crippen molar-refractivity contribution in [1.82, 2.24) is 15.2 Å². The van der Waals surface area contributed by atoms with Crippen LogP contribution >= 0.6 is 0 Å². The van der Waals surface area contributed by atoms with E-state index in [4.69, 9.17) is 0 Å². The van der Waals surface area contributed by atoms with Gasteiger partial charge in [0, 0.05) is 24.5 Å². The number of nitrogens with zero attached hydrogens (tertiary/aromatic N) is 2. The second-order valence-electron chi connectivity index (χ2n) is 4.88. The number of piperidine rings is 1. The summed E-state index contributed by atoms with van der Waals surface area (Å²) in [6.07, 6.45) is 6.27. The van der Waals surface area contributed by atoms with Crippen LogP contribution in [0, 0.1) is 0 Å². The second kappa shape index (κ2) is 6.12. The lowest BCUT2D eigenvalue weighted by Crippen LogP contribution is -2.43. The highest BCUT2D eigenvalue weighted by molar-refractivity contribution is 5.14. The summed E-state index contributed by atoms with van der Waals surface area (Å²) in [6, 6.07) is 5.29. The molecule has 0 aromatic carbocycles. The van der Waals surface area contributed by atoms with Gasteiger partial charge in [0.05, 0.1) is 0 Å². The van der Waals surface area contributed by atoms with Crippen LogP contribution in [0.1, 0.15) is 38.3 Å². The standard InChI is InChI=1S/C14H23N3/c1-3-17-10-6-14(7-11-17)16-12(2)13-4-8-15-9-5-13/h4-5,8-9,12,14,16H,3,6-7,10-11H2,1-2H3/t12-/m0/s1. The maximum absolute atomic E-state index is 4.06. The Morgan fingerprint density at radius 2 is 2.00 bits per heavy atom. The van der Waals surface area contributed by atoms with Gasteiger partial charge in [-0.15, -0.1) is 0 Å². The smallest absolute Gasteiger partial charge is 0.0295 e. The summed E-state index contributed by atoms with van der Waals surface area (Å²) in [7, 11) is 0. The van der Waals surface area contributed by atoms with E-state index in [9.17, 15) is 0 Å². The minimum absolute atomic E-state index is 0.427. The molecule has 17 heavy (non-hydrogen) atoms. The van der Waals surface area contributed by atoms with Gasteiger partial charge in [-0.05, 0) is 57.1 Å². The van der Waals surface area contributed by atoms with Gasteiger partial charge in [-0.3, -0.25) is 4.98 Å². The number of likely N-dealkylation sites (tertiary alicyclic amines) is 1. The molecule has 0 spiro atoms. The fourth-order valence-corrected chi connectivity index (χ4v) is 2.52. The summed E-state index contributed by atoms with van der Waals surface area (Å²) in [5, 5.41) is 3.73. The van der Waals surface area contributed by atoms with E-state index in [1.54, 1.807) is 0 Å². The van der Waals surface area contributed by atoms with Crippen LogP contribution in [-0.2, 0) is 0 Å². The molecule has 1 aromatic rings. The number of hydrogen-bond donors (Lipinski definition) is 1. The van der Waals surface area contributed by atoms with Gasteiger partial charge in [0.1, 0.15) is 0 Å². The van der Waals surface area contributed by atoms with Crippen molar-refractivity contribution in [2.45, 2.75) is 38.8 Å². The monoisotopic (exact) mass is 233 g/mol. The molecule has 1 fully saturated rings. The number of pyridine rings is 1. The van der Waals surface area contributed by atoms with Crippen LogP contribution < -0.4 is 5.32 Å². The average molecular weight is 233 g/mol. The van der Waals surface area contributed by atoms with Crippen molar-refractivity contribution in [2.24, 2.45) is 0 Å². The molecule has 1 atom stereocenters. The van der Waals surface area contributed by atoms with Crippen LogP contribution in [0.3, 0.4) is 0 Å².